The number of rotatable bonds is 5. The van der Waals surface area contributed by atoms with Crippen molar-refractivity contribution < 1.29 is 14.9 Å². The zero-order chi connectivity index (χ0) is 21.3. The molecule has 1 aromatic heterocycles. The quantitative estimate of drug-likeness (QED) is 0.407. The highest BCUT2D eigenvalue weighted by Gasteiger charge is 2.22. The number of phenolic OH excluding ortho intramolecular Hbond substituents is 2. The van der Waals surface area contributed by atoms with Crippen LogP contribution in [0.4, 0.5) is 0 Å². The summed E-state index contributed by atoms with van der Waals surface area (Å²) >= 11 is 0. The molecule has 0 unspecified atom stereocenters. The number of aromatic nitrogens is 1. The molecular weight excluding hydrogens is 366 g/mol. The van der Waals surface area contributed by atoms with Crippen LogP contribution in [0.1, 0.15) is 38.8 Å². The fourth-order valence-corrected chi connectivity index (χ4v) is 3.44. The van der Waals surface area contributed by atoms with Crippen LogP contribution in [0.5, 0.6) is 17.2 Å². The normalized spacial score (nSPS) is 11.7. The number of phenols is 2. The van der Waals surface area contributed by atoms with Crippen LogP contribution in [-0.2, 0) is 6.42 Å². The van der Waals surface area contributed by atoms with Crippen LogP contribution in [-0.4, -0.2) is 22.3 Å². The number of para-hydroxylation sites is 1. The second-order valence-corrected chi connectivity index (χ2v) is 7.77. The Bertz CT molecular complexity index is 1200. The van der Waals surface area contributed by atoms with Crippen LogP contribution >= 0.6 is 0 Å². The zero-order valence-electron chi connectivity index (χ0n) is 17.5. The summed E-state index contributed by atoms with van der Waals surface area (Å²) in [6, 6.07) is 4.77. The van der Waals surface area contributed by atoms with Crippen molar-refractivity contribution in [2.75, 3.05) is 7.11 Å². The Morgan fingerprint density at radius 3 is 2.55 bits per heavy atom. The number of hydrogen-bond donors (Lipinski definition) is 3. The topological polar surface area (TPSA) is 82.6 Å². The standard InChI is InChI=1S/C24H27NO4/c1-13(2)9-11-16-21-19(22(27)15-7-6-8-18(26)20(15)25-21)23(28)17(24(16)29-5)12-10-14(3)4/h6-10,12,14,26,28H,11H2,1-5H3,(H,25,27)/b12-10+. The van der Waals surface area contributed by atoms with Gasteiger partial charge in [0.2, 0.25) is 5.43 Å². The van der Waals surface area contributed by atoms with E-state index in [9.17, 15) is 15.0 Å². The van der Waals surface area contributed by atoms with Gasteiger partial charge in [-0.15, -0.1) is 0 Å². The Kier molecular flexibility index (Phi) is 5.69. The number of fused-ring (bicyclic) bond motifs is 2. The first-order chi connectivity index (χ1) is 13.8. The maximum Gasteiger partial charge on any atom is 0.201 e. The van der Waals surface area contributed by atoms with E-state index in [0.717, 1.165) is 11.1 Å². The Hall–Kier alpha value is -3.21. The molecule has 0 saturated heterocycles. The van der Waals surface area contributed by atoms with E-state index in [1.165, 1.54) is 6.07 Å². The molecular formula is C24H27NO4. The molecule has 0 aliphatic rings. The average Bonchev–Trinajstić information content (AvgIpc) is 2.66. The highest BCUT2D eigenvalue weighted by Crippen LogP contribution is 2.41. The van der Waals surface area contributed by atoms with E-state index in [0.29, 0.717) is 34.2 Å². The number of allylic oxidation sites excluding steroid dienone is 3. The van der Waals surface area contributed by atoms with Crippen LogP contribution in [0.2, 0.25) is 0 Å². The summed E-state index contributed by atoms with van der Waals surface area (Å²) in [4.78, 5) is 16.4. The lowest BCUT2D eigenvalue weighted by atomic mass is 9.96. The Morgan fingerprint density at radius 1 is 1.21 bits per heavy atom. The van der Waals surface area contributed by atoms with E-state index in [1.54, 1.807) is 25.3 Å². The molecule has 152 valence electrons. The van der Waals surface area contributed by atoms with Gasteiger partial charge in [0.05, 0.1) is 34.5 Å². The number of methoxy groups -OCH3 is 1. The minimum atomic E-state index is -0.331. The van der Waals surface area contributed by atoms with E-state index in [2.05, 4.69) is 4.98 Å². The van der Waals surface area contributed by atoms with Crippen LogP contribution in [0, 0.1) is 5.92 Å². The Labute approximate surface area is 170 Å². The first-order valence-electron chi connectivity index (χ1n) is 9.67. The molecule has 0 radical (unpaired) electrons. The molecule has 0 amide bonds. The van der Waals surface area contributed by atoms with Crippen molar-refractivity contribution in [1.82, 2.24) is 4.98 Å². The zero-order valence-corrected chi connectivity index (χ0v) is 17.5. The van der Waals surface area contributed by atoms with Gasteiger partial charge in [0.25, 0.3) is 0 Å². The number of aromatic hydroxyl groups is 2. The summed E-state index contributed by atoms with van der Waals surface area (Å²) < 4.78 is 5.69. The maximum absolute atomic E-state index is 13.3. The average molecular weight is 393 g/mol. The van der Waals surface area contributed by atoms with Gasteiger partial charge in [0.1, 0.15) is 17.2 Å². The molecule has 0 aliphatic heterocycles. The van der Waals surface area contributed by atoms with Gasteiger partial charge in [-0.1, -0.05) is 43.7 Å². The lowest BCUT2D eigenvalue weighted by Gasteiger charge is -2.17. The molecule has 0 fully saturated rings. The second kappa shape index (κ2) is 8.03. The van der Waals surface area contributed by atoms with Gasteiger partial charge in [-0.05, 0) is 38.3 Å². The minimum absolute atomic E-state index is 0.0168. The molecule has 5 nitrogen and oxygen atoms in total. The smallest absolute Gasteiger partial charge is 0.201 e. The van der Waals surface area contributed by atoms with Crippen LogP contribution in [0.15, 0.2) is 40.7 Å². The summed E-state index contributed by atoms with van der Waals surface area (Å²) in [7, 11) is 1.55. The molecule has 0 aliphatic carbocycles. The molecule has 0 atom stereocenters. The van der Waals surface area contributed by atoms with E-state index < -0.39 is 0 Å². The van der Waals surface area contributed by atoms with Crippen molar-refractivity contribution in [3.63, 3.8) is 0 Å². The third-order valence-corrected chi connectivity index (χ3v) is 4.89. The molecule has 2 aromatic carbocycles. The second-order valence-electron chi connectivity index (χ2n) is 7.77. The molecule has 0 bridgehead atoms. The van der Waals surface area contributed by atoms with Gasteiger partial charge < -0.3 is 19.9 Å². The molecule has 5 heteroatoms. The SMILES string of the molecule is COc1c(/C=C/C(C)C)c(O)c2c(=O)c3cccc(O)c3[nH]c2c1CC=C(C)C. The number of ether oxygens (including phenoxy) is 1. The van der Waals surface area contributed by atoms with Gasteiger partial charge in [-0.2, -0.15) is 0 Å². The van der Waals surface area contributed by atoms with Crippen molar-refractivity contribution in [3.05, 3.63) is 57.3 Å². The largest absolute Gasteiger partial charge is 0.506 e. The van der Waals surface area contributed by atoms with Crippen molar-refractivity contribution in [2.24, 2.45) is 5.92 Å². The first-order valence-corrected chi connectivity index (χ1v) is 9.67. The number of benzene rings is 2. The van der Waals surface area contributed by atoms with E-state index in [-0.39, 0.29) is 28.2 Å². The van der Waals surface area contributed by atoms with Gasteiger partial charge in [-0.3, -0.25) is 4.79 Å². The number of nitrogens with one attached hydrogen (secondary N) is 1. The predicted octanol–water partition coefficient (Wildman–Crippen LogP) is 5.28. The molecule has 3 N–H and O–H groups in total. The first kappa shape index (κ1) is 20.5. The summed E-state index contributed by atoms with van der Waals surface area (Å²) in [5.41, 5.74) is 2.84. The third-order valence-electron chi connectivity index (χ3n) is 4.89. The van der Waals surface area contributed by atoms with Gasteiger partial charge in [-0.25, -0.2) is 0 Å². The Balaban J connectivity index is 2.55. The molecule has 1 heterocycles. The van der Waals surface area contributed by atoms with E-state index >= 15 is 0 Å². The monoisotopic (exact) mass is 393 g/mol. The lowest BCUT2D eigenvalue weighted by molar-refractivity contribution is 0.404. The van der Waals surface area contributed by atoms with Crippen molar-refractivity contribution in [1.29, 1.82) is 0 Å². The molecule has 3 aromatic rings. The minimum Gasteiger partial charge on any atom is -0.506 e. The third kappa shape index (κ3) is 3.73. The predicted molar refractivity (Wildman–Crippen MR) is 119 cm³/mol. The van der Waals surface area contributed by atoms with Crippen LogP contribution < -0.4 is 10.2 Å². The molecule has 0 saturated carbocycles. The highest BCUT2D eigenvalue weighted by molar-refractivity contribution is 6.02. The maximum atomic E-state index is 13.3. The Morgan fingerprint density at radius 2 is 1.93 bits per heavy atom. The fraction of sp³-hybridized carbons (Fsp3) is 0.292. The highest BCUT2D eigenvalue weighted by atomic mass is 16.5. The number of hydrogen-bond acceptors (Lipinski definition) is 4. The summed E-state index contributed by atoms with van der Waals surface area (Å²) in [6.45, 7) is 8.07. The number of aromatic amines is 1. The molecule has 0 spiro atoms. The van der Waals surface area contributed by atoms with E-state index in [1.807, 2.05) is 39.8 Å². The van der Waals surface area contributed by atoms with Crippen molar-refractivity contribution in [2.45, 2.75) is 34.1 Å². The van der Waals surface area contributed by atoms with E-state index in [4.69, 9.17) is 4.74 Å². The summed E-state index contributed by atoms with van der Waals surface area (Å²) in [5.74, 6) is 0.635. The number of pyridine rings is 1. The summed E-state index contributed by atoms with van der Waals surface area (Å²) in [6.07, 6.45) is 6.31. The van der Waals surface area contributed by atoms with Gasteiger partial charge in [0.15, 0.2) is 0 Å². The van der Waals surface area contributed by atoms with Crippen molar-refractivity contribution >= 4 is 27.9 Å². The fourth-order valence-electron chi connectivity index (χ4n) is 3.44. The van der Waals surface area contributed by atoms with Crippen molar-refractivity contribution in [3.8, 4) is 17.2 Å². The molecule has 29 heavy (non-hydrogen) atoms. The van der Waals surface area contributed by atoms with Gasteiger partial charge in [0, 0.05) is 5.56 Å². The van der Waals surface area contributed by atoms with Gasteiger partial charge >= 0.3 is 0 Å². The molecule has 3 rings (SSSR count). The van der Waals surface area contributed by atoms with Crippen LogP contribution in [0.3, 0.4) is 0 Å². The lowest BCUT2D eigenvalue weighted by Crippen LogP contribution is -2.09. The van der Waals surface area contributed by atoms with Crippen LogP contribution in [0.25, 0.3) is 27.9 Å². The summed E-state index contributed by atoms with van der Waals surface area (Å²) in [5, 5.41) is 21.9. The number of H-pyrrole nitrogens is 1.